The fourth-order valence-corrected chi connectivity index (χ4v) is 6.49. The van der Waals surface area contributed by atoms with E-state index in [1.165, 1.54) is 0 Å². The maximum absolute atomic E-state index is 13.2. The molecule has 4 rings (SSSR count). The van der Waals surface area contributed by atoms with E-state index < -0.39 is 0 Å². The molecule has 1 aliphatic heterocycles. The Labute approximate surface area is 258 Å². The van der Waals surface area contributed by atoms with Crippen LogP contribution in [0.15, 0.2) is 93.9 Å². The van der Waals surface area contributed by atoms with Gasteiger partial charge in [0.25, 0.3) is 0 Å². The molecule has 1 aromatic heterocycles. The number of para-hydroxylation sites is 1. The number of rotatable bonds is 11. The van der Waals surface area contributed by atoms with E-state index in [0.29, 0.717) is 12.4 Å². The van der Waals surface area contributed by atoms with Crippen molar-refractivity contribution in [3.8, 4) is 5.69 Å². The third-order valence-electron chi connectivity index (χ3n) is 6.69. The number of nitrogens with one attached hydrogen (secondary N) is 3. The molecule has 0 saturated carbocycles. The first kappa shape index (κ1) is 31.3. The average Bonchev–Trinajstić information content (AvgIpc) is 3.40. The van der Waals surface area contributed by atoms with E-state index in [2.05, 4.69) is 84.4 Å². The molecule has 222 valence electrons. The first-order valence-corrected chi connectivity index (χ1v) is 16.3. The van der Waals surface area contributed by atoms with Gasteiger partial charge in [0.05, 0.1) is 11.4 Å². The predicted octanol–water partition coefficient (Wildman–Crippen LogP) is 6.83. The zero-order chi connectivity index (χ0) is 30.1. The van der Waals surface area contributed by atoms with Crippen LogP contribution in [0, 0.1) is 5.92 Å². The normalized spacial score (nSPS) is 13.7. The van der Waals surface area contributed by atoms with Crippen molar-refractivity contribution < 1.29 is 4.79 Å². The van der Waals surface area contributed by atoms with Crippen LogP contribution in [0.1, 0.15) is 39.0 Å². The van der Waals surface area contributed by atoms with E-state index in [0.717, 1.165) is 44.9 Å². The summed E-state index contributed by atoms with van der Waals surface area (Å²) in [5.74, 6) is 2.82. The average molecular weight is 604 g/mol. The molecule has 3 aromatic rings. The lowest BCUT2D eigenvalue weighted by Crippen LogP contribution is -2.33. The minimum absolute atomic E-state index is 0.144. The zero-order valence-corrected chi connectivity index (χ0v) is 26.9. The van der Waals surface area contributed by atoms with E-state index in [4.69, 9.17) is 5.10 Å². The highest BCUT2D eigenvalue weighted by molar-refractivity contribution is 8.03. The van der Waals surface area contributed by atoms with Crippen LogP contribution in [0.25, 0.3) is 5.69 Å². The Bertz CT molecular complexity index is 1440. The number of aromatic nitrogens is 2. The fourth-order valence-electron chi connectivity index (χ4n) is 4.61. The van der Waals surface area contributed by atoms with Crippen LogP contribution in [0.2, 0.25) is 0 Å². The molecule has 3 N–H and O–H groups in total. The maximum Gasteiger partial charge on any atom is 0.320 e. The van der Waals surface area contributed by atoms with Gasteiger partial charge in [-0.25, -0.2) is 9.48 Å². The number of benzene rings is 2. The van der Waals surface area contributed by atoms with Gasteiger partial charge in [-0.2, -0.15) is 22.0 Å². The molecular weight excluding hydrogens is 563 g/mol. The van der Waals surface area contributed by atoms with E-state index in [1.54, 1.807) is 28.2 Å². The van der Waals surface area contributed by atoms with Gasteiger partial charge in [-0.3, -0.25) is 5.32 Å². The molecule has 2 aromatic carbocycles. The molecule has 0 spiro atoms. The highest BCUT2D eigenvalue weighted by atomic mass is 32.2. The number of amidine groups is 1. The number of hydrogen-bond acceptors (Lipinski definition) is 6. The number of carbonyl (C=O) groups is 1. The molecule has 10 heteroatoms. The summed E-state index contributed by atoms with van der Waals surface area (Å²) in [6.07, 6.45) is 8.51. The minimum atomic E-state index is -0.283. The molecule has 42 heavy (non-hydrogen) atoms. The third-order valence-corrected chi connectivity index (χ3v) is 8.80. The molecule has 0 bridgehead atoms. The van der Waals surface area contributed by atoms with E-state index in [1.807, 2.05) is 61.6 Å². The molecule has 0 aliphatic carbocycles. The quantitative estimate of drug-likeness (QED) is 0.127. The summed E-state index contributed by atoms with van der Waals surface area (Å²) in [7, 11) is 1.82. The van der Waals surface area contributed by atoms with Crippen molar-refractivity contribution >= 4 is 41.2 Å². The predicted molar refractivity (Wildman–Crippen MR) is 178 cm³/mol. The van der Waals surface area contributed by atoms with Crippen LogP contribution in [0.5, 0.6) is 0 Å². The minimum Gasteiger partial charge on any atom is -0.334 e. The number of anilines is 1. The highest BCUT2D eigenvalue weighted by Gasteiger charge is 2.26. The summed E-state index contributed by atoms with van der Waals surface area (Å²) in [6, 6.07) is 19.7. The van der Waals surface area contributed by atoms with Gasteiger partial charge in [0.15, 0.2) is 0 Å². The summed E-state index contributed by atoms with van der Waals surface area (Å²) in [5, 5.41) is 15.5. The van der Waals surface area contributed by atoms with Crippen molar-refractivity contribution in [3.63, 3.8) is 0 Å². The number of hydrazone groups is 1. The first-order valence-electron chi connectivity index (χ1n) is 14.1. The van der Waals surface area contributed by atoms with Crippen molar-refractivity contribution in [1.29, 1.82) is 0 Å². The number of allylic oxidation sites excluding steroid dienone is 1. The largest absolute Gasteiger partial charge is 0.334 e. The number of thioether (sulfide) groups is 2. The molecule has 8 nitrogen and oxygen atoms in total. The summed E-state index contributed by atoms with van der Waals surface area (Å²) in [6.45, 7) is 9.79. The van der Waals surface area contributed by atoms with E-state index in [-0.39, 0.29) is 17.4 Å². The van der Waals surface area contributed by atoms with Gasteiger partial charge in [0, 0.05) is 59.3 Å². The molecule has 0 radical (unpaired) electrons. The third kappa shape index (κ3) is 8.01. The zero-order valence-electron chi connectivity index (χ0n) is 25.2. The highest BCUT2D eigenvalue weighted by Crippen LogP contribution is 2.33. The summed E-state index contributed by atoms with van der Waals surface area (Å²) in [5.41, 5.74) is 5.64. The Morgan fingerprint density at radius 1 is 1.12 bits per heavy atom. The van der Waals surface area contributed by atoms with Crippen molar-refractivity contribution in [2.75, 3.05) is 30.9 Å². The van der Waals surface area contributed by atoms with Gasteiger partial charge in [0.1, 0.15) is 11.7 Å². The van der Waals surface area contributed by atoms with Crippen LogP contribution in [-0.4, -0.2) is 52.1 Å². The number of hydrogen-bond donors (Lipinski definition) is 3. The maximum atomic E-state index is 13.2. The standard InChI is InChI=1S/C32H41N7OS2/c1-23(2)30(36-33-5)38-18-12-16-26(21-38)42-27-17-11-10-13-24(27)20-34-31(40)35-29-19-28(32(3,4)22-41-6)37-39(29)25-14-8-7-9-15-25/h7-17,19,21,23,33H,18,20,22H2,1-6H3,(H2,34,35,40)/b36-30-. The Balaban J connectivity index is 1.48. The first-order chi connectivity index (χ1) is 20.2. The lowest BCUT2D eigenvalue weighted by atomic mass is 9.92. The van der Waals surface area contributed by atoms with Gasteiger partial charge in [-0.05, 0) is 36.1 Å². The molecule has 0 saturated heterocycles. The molecule has 1 aliphatic rings. The van der Waals surface area contributed by atoms with Gasteiger partial charge in [-0.1, -0.05) is 81.9 Å². The number of urea groups is 1. The second kappa shape index (κ2) is 14.5. The van der Waals surface area contributed by atoms with Crippen LogP contribution in [0.3, 0.4) is 0 Å². The second-order valence-electron chi connectivity index (χ2n) is 10.9. The van der Waals surface area contributed by atoms with Crippen molar-refractivity contribution in [3.05, 3.63) is 95.2 Å². The van der Waals surface area contributed by atoms with Gasteiger partial charge < -0.3 is 15.6 Å². The van der Waals surface area contributed by atoms with Gasteiger partial charge in [0.2, 0.25) is 0 Å². The van der Waals surface area contributed by atoms with Crippen molar-refractivity contribution in [1.82, 2.24) is 25.4 Å². The Kier molecular flexibility index (Phi) is 10.8. The molecular formula is C32H41N7OS2. The fraction of sp³-hybridized carbons (Fsp3) is 0.344. The van der Waals surface area contributed by atoms with Crippen molar-refractivity contribution in [2.45, 2.75) is 44.6 Å². The van der Waals surface area contributed by atoms with Crippen LogP contribution >= 0.6 is 23.5 Å². The van der Waals surface area contributed by atoms with Crippen LogP contribution in [0.4, 0.5) is 10.6 Å². The Morgan fingerprint density at radius 2 is 1.86 bits per heavy atom. The number of carbonyl (C=O) groups excluding carboxylic acids is 1. The SMILES string of the molecule is CN/N=C(/C(C)C)N1C=C(Sc2ccccc2CNC(=O)Nc2cc(C(C)(C)CSC)nn2-c2ccccc2)C=CC1. The monoisotopic (exact) mass is 603 g/mol. The van der Waals surface area contributed by atoms with Crippen molar-refractivity contribution in [2.24, 2.45) is 11.0 Å². The Hall–Kier alpha value is -3.63. The summed E-state index contributed by atoms with van der Waals surface area (Å²) < 4.78 is 1.80. The Morgan fingerprint density at radius 3 is 2.57 bits per heavy atom. The van der Waals surface area contributed by atoms with Crippen LogP contribution in [-0.2, 0) is 12.0 Å². The molecule has 0 atom stereocenters. The molecule has 2 amide bonds. The lowest BCUT2D eigenvalue weighted by molar-refractivity contribution is 0.251. The molecule has 0 fully saturated rings. The van der Waals surface area contributed by atoms with E-state index >= 15 is 0 Å². The summed E-state index contributed by atoms with van der Waals surface area (Å²) in [4.78, 5) is 17.5. The molecule has 0 unspecified atom stereocenters. The number of nitrogens with zero attached hydrogens (tertiary/aromatic N) is 4. The lowest BCUT2D eigenvalue weighted by Gasteiger charge is -2.26. The van der Waals surface area contributed by atoms with Gasteiger partial charge in [-0.15, -0.1) is 0 Å². The number of amides is 2. The molecule has 2 heterocycles. The second-order valence-corrected chi connectivity index (χ2v) is 12.9. The summed E-state index contributed by atoms with van der Waals surface area (Å²) >= 11 is 3.46. The topological polar surface area (TPSA) is 86.6 Å². The smallest absolute Gasteiger partial charge is 0.320 e. The van der Waals surface area contributed by atoms with Crippen LogP contribution < -0.4 is 16.1 Å². The van der Waals surface area contributed by atoms with E-state index in [9.17, 15) is 4.79 Å². The van der Waals surface area contributed by atoms with Gasteiger partial charge >= 0.3 is 6.03 Å².